The van der Waals surface area contributed by atoms with Gasteiger partial charge < -0.3 is 9.50 Å². The molecule has 8 heteroatoms. The highest BCUT2D eigenvalue weighted by molar-refractivity contribution is 7.97. The van der Waals surface area contributed by atoms with E-state index in [1.807, 2.05) is 11.6 Å². The Morgan fingerprint density at radius 3 is 2.57 bits per heavy atom. The minimum atomic E-state index is -3.23. The van der Waals surface area contributed by atoms with E-state index in [-0.39, 0.29) is 5.75 Å². The van der Waals surface area contributed by atoms with Crippen molar-refractivity contribution in [1.29, 1.82) is 0 Å². The second-order valence-electron chi connectivity index (χ2n) is 2.23. The zero-order valence-electron chi connectivity index (χ0n) is 7.25. The number of hydrogen-bond acceptors (Lipinski definition) is 7. The monoisotopic (exact) mass is 238 g/mol. The summed E-state index contributed by atoms with van der Waals surface area (Å²) in [7, 11) is -3.23. The van der Waals surface area contributed by atoms with Gasteiger partial charge in [0.25, 0.3) is 0 Å². The van der Waals surface area contributed by atoms with Crippen LogP contribution in [0, 0.1) is 0 Å². The fourth-order valence-corrected chi connectivity index (χ4v) is 1.58. The third-order valence-electron chi connectivity index (χ3n) is 1.19. The van der Waals surface area contributed by atoms with Gasteiger partial charge in [-0.15, -0.1) is 0 Å². The number of rotatable bonds is 0. The maximum Gasteiger partial charge on any atom is 0.311 e. The lowest BCUT2D eigenvalue weighted by molar-refractivity contribution is 0.353. The first-order valence-electron chi connectivity index (χ1n) is 3.77. The van der Waals surface area contributed by atoms with E-state index in [0.717, 1.165) is 6.40 Å². The summed E-state index contributed by atoms with van der Waals surface area (Å²) in [5.74, 6) is 0.00347. The van der Waals surface area contributed by atoms with Crippen molar-refractivity contribution in [2.45, 2.75) is 0 Å². The van der Waals surface area contributed by atoms with Crippen molar-refractivity contribution in [3.05, 3.63) is 11.6 Å². The predicted molar refractivity (Wildman–Crippen MR) is 54.0 cm³/mol. The van der Waals surface area contributed by atoms with Crippen molar-refractivity contribution in [2.24, 2.45) is 4.99 Å². The Morgan fingerprint density at radius 2 is 2.36 bits per heavy atom. The standard InChI is InChI=1S/C3H5NO3S.C3H5NOS/c5-8(6)2-1-4-3-7-8;1-2-6-5-3-4-1/h3H,1-2H2;1-2,4H,3H2. The molecule has 0 bridgehead atoms. The molecule has 0 spiro atoms. The Hall–Kier alpha value is -0.730. The summed E-state index contributed by atoms with van der Waals surface area (Å²) in [6.07, 6.45) is 2.81. The largest absolute Gasteiger partial charge is 0.370 e. The van der Waals surface area contributed by atoms with E-state index in [0.29, 0.717) is 13.3 Å². The SMILES string of the molecule is C1=CSOCN1.O=S1(=O)CCN=CO1. The molecule has 0 aromatic heterocycles. The molecule has 0 saturated heterocycles. The minimum Gasteiger partial charge on any atom is -0.370 e. The fourth-order valence-electron chi connectivity index (χ4n) is 0.593. The molecule has 0 aromatic rings. The third-order valence-corrected chi connectivity index (χ3v) is 2.75. The summed E-state index contributed by atoms with van der Waals surface area (Å²) in [4.78, 5) is 3.55. The average molecular weight is 238 g/mol. The van der Waals surface area contributed by atoms with Gasteiger partial charge in [0.05, 0.1) is 6.54 Å². The maximum absolute atomic E-state index is 10.3. The van der Waals surface area contributed by atoms with Crippen LogP contribution in [0.1, 0.15) is 0 Å². The molecule has 0 aromatic carbocycles. The number of aliphatic imine (C=N–C) groups is 1. The van der Waals surface area contributed by atoms with Crippen LogP contribution in [0.5, 0.6) is 0 Å². The van der Waals surface area contributed by atoms with Crippen molar-refractivity contribution in [1.82, 2.24) is 5.32 Å². The summed E-state index contributed by atoms with van der Waals surface area (Å²) >= 11 is 1.35. The van der Waals surface area contributed by atoms with Crippen LogP contribution in [0.25, 0.3) is 0 Å². The molecule has 2 rings (SSSR count). The average Bonchev–Trinajstić information content (AvgIpc) is 2.21. The van der Waals surface area contributed by atoms with Crippen LogP contribution in [-0.2, 0) is 18.5 Å². The smallest absolute Gasteiger partial charge is 0.311 e. The second kappa shape index (κ2) is 5.89. The summed E-state index contributed by atoms with van der Waals surface area (Å²) in [6.45, 7) is 0.948. The minimum absolute atomic E-state index is 0.00347. The van der Waals surface area contributed by atoms with E-state index in [1.54, 1.807) is 0 Å². The first-order chi connectivity index (χ1) is 6.71. The summed E-state index contributed by atoms with van der Waals surface area (Å²) in [6, 6.07) is 0. The third kappa shape index (κ3) is 5.10. The van der Waals surface area contributed by atoms with E-state index >= 15 is 0 Å². The van der Waals surface area contributed by atoms with Gasteiger partial charge in [0.15, 0.2) is 6.40 Å². The van der Waals surface area contributed by atoms with Crippen LogP contribution < -0.4 is 5.32 Å². The maximum atomic E-state index is 10.3. The number of hydrogen-bond donors (Lipinski definition) is 1. The highest BCUT2D eigenvalue weighted by Crippen LogP contribution is 2.04. The fraction of sp³-hybridized carbons (Fsp3) is 0.500. The van der Waals surface area contributed by atoms with Crippen LogP contribution in [0.4, 0.5) is 0 Å². The Balaban J connectivity index is 0.000000146. The van der Waals surface area contributed by atoms with E-state index in [2.05, 4.69) is 14.5 Å². The highest BCUT2D eigenvalue weighted by atomic mass is 32.2. The van der Waals surface area contributed by atoms with Crippen molar-refractivity contribution in [3.63, 3.8) is 0 Å². The van der Waals surface area contributed by atoms with E-state index in [4.69, 9.17) is 4.18 Å². The van der Waals surface area contributed by atoms with Gasteiger partial charge in [0.2, 0.25) is 0 Å². The van der Waals surface area contributed by atoms with Crippen molar-refractivity contribution in [3.8, 4) is 0 Å². The van der Waals surface area contributed by atoms with Crippen LogP contribution in [0.3, 0.4) is 0 Å². The van der Waals surface area contributed by atoms with E-state index in [9.17, 15) is 8.42 Å². The van der Waals surface area contributed by atoms with Gasteiger partial charge in [-0.25, -0.2) is 0 Å². The first kappa shape index (κ1) is 11.3. The summed E-state index contributed by atoms with van der Waals surface area (Å²) in [5, 5.41) is 4.71. The van der Waals surface area contributed by atoms with Crippen LogP contribution in [-0.4, -0.2) is 33.8 Å². The van der Waals surface area contributed by atoms with Gasteiger partial charge in [-0.1, -0.05) is 0 Å². The van der Waals surface area contributed by atoms with Crippen LogP contribution >= 0.6 is 12.0 Å². The molecular formula is C6H10N2O4S2. The molecule has 0 unspecified atom stereocenters. The Morgan fingerprint density at radius 1 is 1.50 bits per heavy atom. The molecule has 0 radical (unpaired) electrons. The molecule has 0 amide bonds. The highest BCUT2D eigenvalue weighted by Gasteiger charge is 2.11. The van der Waals surface area contributed by atoms with Gasteiger partial charge in [0, 0.05) is 23.7 Å². The molecule has 2 aliphatic rings. The molecule has 0 saturated carbocycles. The number of nitrogens with one attached hydrogen (secondary N) is 1. The molecule has 0 fully saturated rings. The van der Waals surface area contributed by atoms with E-state index < -0.39 is 10.1 Å². The topological polar surface area (TPSA) is 77.0 Å². The molecule has 1 N–H and O–H groups in total. The van der Waals surface area contributed by atoms with Gasteiger partial charge in [-0.2, -0.15) is 8.42 Å². The molecule has 14 heavy (non-hydrogen) atoms. The van der Waals surface area contributed by atoms with Crippen molar-refractivity contribution >= 4 is 28.6 Å². The Bertz CT molecular complexity index is 304. The molecule has 0 atom stereocenters. The molecular weight excluding hydrogens is 228 g/mol. The van der Waals surface area contributed by atoms with Crippen molar-refractivity contribution < 1.29 is 16.8 Å². The zero-order chi connectivity index (χ0) is 10.3. The summed E-state index contributed by atoms with van der Waals surface area (Å²) in [5.41, 5.74) is 0. The van der Waals surface area contributed by atoms with Crippen LogP contribution in [0.2, 0.25) is 0 Å². The molecule has 2 heterocycles. The number of nitrogens with zero attached hydrogens (tertiary/aromatic N) is 1. The van der Waals surface area contributed by atoms with Gasteiger partial charge in [-0.3, -0.25) is 9.18 Å². The lowest BCUT2D eigenvalue weighted by Gasteiger charge is -2.03. The lowest BCUT2D eigenvalue weighted by atomic mass is 10.8. The molecule has 80 valence electrons. The Kier molecular flexibility index (Phi) is 4.77. The lowest BCUT2D eigenvalue weighted by Crippen LogP contribution is -2.16. The zero-order valence-corrected chi connectivity index (χ0v) is 8.88. The second-order valence-corrected chi connectivity index (χ2v) is 4.65. The first-order valence-corrected chi connectivity index (χ1v) is 6.15. The Labute approximate surface area is 86.7 Å². The molecule has 0 aliphatic carbocycles. The predicted octanol–water partition coefficient (Wildman–Crippen LogP) is 0.0578. The van der Waals surface area contributed by atoms with Gasteiger partial charge >= 0.3 is 10.1 Å². The molecule has 6 nitrogen and oxygen atoms in total. The van der Waals surface area contributed by atoms with Crippen LogP contribution in [0.15, 0.2) is 16.6 Å². The quantitative estimate of drug-likeness (QED) is 0.475. The van der Waals surface area contributed by atoms with E-state index in [1.165, 1.54) is 12.0 Å². The molecule has 2 aliphatic heterocycles. The van der Waals surface area contributed by atoms with Gasteiger partial charge in [0.1, 0.15) is 12.5 Å². The summed E-state index contributed by atoms with van der Waals surface area (Å²) < 4.78 is 29.6. The van der Waals surface area contributed by atoms with Gasteiger partial charge in [-0.05, 0) is 0 Å². The van der Waals surface area contributed by atoms with Crippen molar-refractivity contribution in [2.75, 3.05) is 19.0 Å². The normalized spacial score (nSPS) is 22.6.